The van der Waals surface area contributed by atoms with Gasteiger partial charge in [0, 0.05) is 5.56 Å². The van der Waals surface area contributed by atoms with E-state index in [1.807, 2.05) is 54.6 Å². The highest BCUT2D eigenvalue weighted by atomic mass is 16.5. The van der Waals surface area contributed by atoms with E-state index in [9.17, 15) is 0 Å². The molecule has 0 spiro atoms. The minimum atomic E-state index is -0.259. The predicted octanol–water partition coefficient (Wildman–Crippen LogP) is 3.13. The van der Waals surface area contributed by atoms with Gasteiger partial charge in [0.15, 0.2) is 0 Å². The lowest BCUT2D eigenvalue weighted by Gasteiger charge is -2.08. The smallest absolute Gasteiger partial charge is 0.128 e. The zero-order chi connectivity index (χ0) is 14.7. The van der Waals surface area contributed by atoms with Crippen LogP contribution in [-0.4, -0.2) is 17.1 Å². The summed E-state index contributed by atoms with van der Waals surface area (Å²) < 4.78 is 5.24. The van der Waals surface area contributed by atoms with Gasteiger partial charge in [0.2, 0.25) is 0 Å². The van der Waals surface area contributed by atoms with Crippen LogP contribution in [0.2, 0.25) is 0 Å². The van der Waals surface area contributed by atoms with Crippen molar-refractivity contribution in [1.29, 1.82) is 0 Å². The number of aromatic nitrogens is 2. The van der Waals surface area contributed by atoms with E-state index >= 15 is 0 Å². The van der Waals surface area contributed by atoms with Crippen LogP contribution in [0.25, 0.3) is 11.3 Å². The van der Waals surface area contributed by atoms with Gasteiger partial charge in [-0.15, -0.1) is 0 Å². The molecule has 4 nitrogen and oxygen atoms in total. The van der Waals surface area contributed by atoms with Gasteiger partial charge in [0.25, 0.3) is 0 Å². The Kier molecular flexibility index (Phi) is 3.71. The highest BCUT2D eigenvalue weighted by Crippen LogP contribution is 2.24. The molecule has 0 saturated carbocycles. The molecule has 1 unspecified atom stereocenters. The molecule has 0 aliphatic heterocycles. The molecular weight excluding hydrogens is 262 g/mol. The molecule has 1 heterocycles. The number of H-pyrrole nitrogens is 1. The predicted molar refractivity (Wildman–Crippen MR) is 83.0 cm³/mol. The molecule has 0 bridgehead atoms. The van der Waals surface area contributed by atoms with E-state index < -0.39 is 0 Å². The zero-order valence-corrected chi connectivity index (χ0v) is 11.8. The van der Waals surface area contributed by atoms with E-state index in [0.717, 1.165) is 28.4 Å². The van der Waals surface area contributed by atoms with Crippen LogP contribution in [0, 0.1) is 0 Å². The zero-order valence-electron chi connectivity index (χ0n) is 11.8. The maximum absolute atomic E-state index is 6.25. The van der Waals surface area contributed by atoms with Crippen molar-refractivity contribution in [1.82, 2.24) is 9.97 Å². The van der Waals surface area contributed by atoms with Gasteiger partial charge in [-0.1, -0.05) is 42.5 Å². The van der Waals surface area contributed by atoms with Crippen molar-refractivity contribution >= 4 is 0 Å². The van der Waals surface area contributed by atoms with Crippen LogP contribution >= 0.6 is 0 Å². The van der Waals surface area contributed by atoms with Crippen molar-refractivity contribution in [3.05, 3.63) is 72.2 Å². The molecule has 0 saturated heterocycles. The van der Waals surface area contributed by atoms with E-state index in [1.54, 1.807) is 13.3 Å². The summed E-state index contributed by atoms with van der Waals surface area (Å²) in [7, 11) is 1.66. The summed E-state index contributed by atoms with van der Waals surface area (Å²) in [6.45, 7) is 0. The van der Waals surface area contributed by atoms with Gasteiger partial charge in [0.1, 0.15) is 11.6 Å². The van der Waals surface area contributed by atoms with E-state index in [0.29, 0.717) is 0 Å². The van der Waals surface area contributed by atoms with E-state index in [4.69, 9.17) is 10.5 Å². The van der Waals surface area contributed by atoms with Crippen LogP contribution in [-0.2, 0) is 0 Å². The highest BCUT2D eigenvalue weighted by molar-refractivity contribution is 5.60. The minimum Gasteiger partial charge on any atom is -0.497 e. The fourth-order valence-electron chi connectivity index (χ4n) is 2.25. The normalized spacial score (nSPS) is 12.1. The first-order chi connectivity index (χ1) is 10.3. The highest BCUT2D eigenvalue weighted by Gasteiger charge is 2.13. The van der Waals surface area contributed by atoms with Crippen molar-refractivity contribution in [3.63, 3.8) is 0 Å². The summed E-state index contributed by atoms with van der Waals surface area (Å²) in [6.07, 6.45) is 1.80. The molecule has 0 radical (unpaired) electrons. The molecule has 2 aromatic carbocycles. The SMILES string of the molecule is COc1cccc(-c2cnc(C(N)c3ccccc3)[nH]2)c1. The number of hydrogen-bond donors (Lipinski definition) is 2. The fourth-order valence-corrected chi connectivity index (χ4v) is 2.25. The van der Waals surface area contributed by atoms with Crippen LogP contribution < -0.4 is 10.5 Å². The van der Waals surface area contributed by atoms with Crippen molar-refractivity contribution in [2.75, 3.05) is 7.11 Å². The summed E-state index contributed by atoms with van der Waals surface area (Å²) in [6, 6.07) is 17.5. The molecule has 3 N–H and O–H groups in total. The number of hydrogen-bond acceptors (Lipinski definition) is 3. The third-order valence-corrected chi connectivity index (χ3v) is 3.43. The van der Waals surface area contributed by atoms with Crippen molar-refractivity contribution in [2.24, 2.45) is 5.73 Å². The average Bonchev–Trinajstić information content (AvgIpc) is 3.05. The molecule has 0 fully saturated rings. The van der Waals surface area contributed by atoms with Gasteiger partial charge in [-0.3, -0.25) is 0 Å². The van der Waals surface area contributed by atoms with Crippen molar-refractivity contribution in [2.45, 2.75) is 6.04 Å². The van der Waals surface area contributed by atoms with Gasteiger partial charge in [-0.25, -0.2) is 4.98 Å². The number of aromatic amines is 1. The number of ether oxygens (including phenoxy) is 1. The van der Waals surface area contributed by atoms with Gasteiger partial charge < -0.3 is 15.5 Å². The summed E-state index contributed by atoms with van der Waals surface area (Å²) >= 11 is 0. The van der Waals surface area contributed by atoms with Gasteiger partial charge in [-0.2, -0.15) is 0 Å². The number of nitrogens with zero attached hydrogens (tertiary/aromatic N) is 1. The van der Waals surface area contributed by atoms with Gasteiger partial charge >= 0.3 is 0 Å². The number of benzene rings is 2. The Balaban J connectivity index is 1.89. The fraction of sp³-hybridized carbons (Fsp3) is 0.118. The first-order valence-electron chi connectivity index (χ1n) is 6.78. The summed E-state index contributed by atoms with van der Waals surface area (Å²) in [5, 5.41) is 0. The number of imidazole rings is 1. The Morgan fingerprint density at radius 1 is 1.10 bits per heavy atom. The van der Waals surface area contributed by atoms with Crippen molar-refractivity contribution in [3.8, 4) is 17.0 Å². The molecule has 1 aromatic heterocycles. The lowest BCUT2D eigenvalue weighted by atomic mass is 10.1. The number of rotatable bonds is 4. The Labute approximate surface area is 123 Å². The molecule has 21 heavy (non-hydrogen) atoms. The second kappa shape index (κ2) is 5.81. The first kappa shape index (κ1) is 13.4. The average molecular weight is 279 g/mol. The van der Waals surface area contributed by atoms with Crippen molar-refractivity contribution < 1.29 is 4.74 Å². The maximum atomic E-state index is 6.25. The van der Waals surface area contributed by atoms with E-state index in [2.05, 4.69) is 9.97 Å². The quantitative estimate of drug-likeness (QED) is 0.771. The lowest BCUT2D eigenvalue weighted by Crippen LogP contribution is -2.13. The number of nitrogens with two attached hydrogens (primary N) is 1. The van der Waals surface area contributed by atoms with Crippen LogP contribution in [0.4, 0.5) is 0 Å². The molecule has 3 aromatic rings. The first-order valence-corrected chi connectivity index (χ1v) is 6.78. The molecule has 0 aliphatic rings. The molecule has 0 aliphatic carbocycles. The number of nitrogens with one attached hydrogen (secondary N) is 1. The third kappa shape index (κ3) is 2.80. The van der Waals surface area contributed by atoms with Crippen LogP contribution in [0.3, 0.4) is 0 Å². The molecule has 0 amide bonds. The second-order valence-electron chi connectivity index (χ2n) is 4.80. The molecule has 1 atom stereocenters. The molecule has 3 rings (SSSR count). The third-order valence-electron chi connectivity index (χ3n) is 3.43. The number of methoxy groups -OCH3 is 1. The Morgan fingerprint density at radius 3 is 2.67 bits per heavy atom. The maximum Gasteiger partial charge on any atom is 0.128 e. The second-order valence-corrected chi connectivity index (χ2v) is 4.80. The Morgan fingerprint density at radius 2 is 1.90 bits per heavy atom. The van der Waals surface area contributed by atoms with E-state index in [1.165, 1.54) is 0 Å². The summed E-state index contributed by atoms with van der Waals surface area (Å²) in [5.74, 6) is 1.56. The largest absolute Gasteiger partial charge is 0.497 e. The Hall–Kier alpha value is -2.59. The van der Waals surface area contributed by atoms with Crippen LogP contribution in [0.1, 0.15) is 17.4 Å². The molecule has 106 valence electrons. The monoisotopic (exact) mass is 279 g/mol. The lowest BCUT2D eigenvalue weighted by molar-refractivity contribution is 0.415. The molecular formula is C17H17N3O. The van der Waals surface area contributed by atoms with Crippen LogP contribution in [0.5, 0.6) is 5.75 Å². The van der Waals surface area contributed by atoms with Gasteiger partial charge in [0.05, 0.1) is 25.0 Å². The summed E-state index contributed by atoms with van der Waals surface area (Å²) in [4.78, 5) is 7.69. The van der Waals surface area contributed by atoms with Gasteiger partial charge in [-0.05, 0) is 17.7 Å². The van der Waals surface area contributed by atoms with Crippen LogP contribution in [0.15, 0.2) is 60.8 Å². The standard InChI is InChI=1S/C17H17N3O/c1-21-14-9-5-8-13(10-14)15-11-19-17(20-15)16(18)12-6-3-2-4-7-12/h2-11,16H,18H2,1H3,(H,19,20). The summed E-state index contributed by atoms with van der Waals surface area (Å²) in [5.41, 5.74) is 9.22. The van der Waals surface area contributed by atoms with E-state index in [-0.39, 0.29) is 6.04 Å². The Bertz CT molecular complexity index is 722. The topological polar surface area (TPSA) is 63.9 Å². The minimum absolute atomic E-state index is 0.259. The molecule has 4 heteroatoms.